The topological polar surface area (TPSA) is 61.4 Å². The van der Waals surface area contributed by atoms with Crippen molar-refractivity contribution in [3.63, 3.8) is 0 Å². The van der Waals surface area contributed by atoms with Gasteiger partial charge in [0.25, 0.3) is 5.91 Å². The Morgan fingerprint density at radius 3 is 2.70 bits per heavy atom. The van der Waals surface area contributed by atoms with Gasteiger partial charge in [-0.2, -0.15) is 0 Å². The number of hydrogen-bond acceptors (Lipinski definition) is 3. The summed E-state index contributed by atoms with van der Waals surface area (Å²) < 4.78 is 0. The molecule has 0 radical (unpaired) electrons. The summed E-state index contributed by atoms with van der Waals surface area (Å²) >= 11 is 0. The molecule has 112 valence electrons. The van der Waals surface area contributed by atoms with Crippen molar-refractivity contribution in [1.82, 2.24) is 5.32 Å². The Morgan fingerprint density at radius 1 is 1.25 bits per heavy atom. The van der Waals surface area contributed by atoms with Crippen LogP contribution < -0.4 is 10.6 Å². The van der Waals surface area contributed by atoms with Crippen molar-refractivity contribution in [2.45, 2.75) is 45.6 Å². The maximum atomic E-state index is 12.1. The minimum absolute atomic E-state index is 0.0899. The minimum atomic E-state index is -0.340. The average molecular weight is 278 g/mol. The van der Waals surface area contributed by atoms with Crippen molar-refractivity contribution in [1.29, 1.82) is 0 Å². The predicted molar refractivity (Wildman–Crippen MR) is 83.1 cm³/mol. The van der Waals surface area contributed by atoms with Gasteiger partial charge in [-0.05, 0) is 31.4 Å². The van der Waals surface area contributed by atoms with Crippen LogP contribution in [-0.4, -0.2) is 30.2 Å². The van der Waals surface area contributed by atoms with Crippen molar-refractivity contribution >= 4 is 11.6 Å². The summed E-state index contributed by atoms with van der Waals surface area (Å²) in [6, 6.07) is 7.53. The molecule has 0 bridgehead atoms. The van der Waals surface area contributed by atoms with E-state index in [0.29, 0.717) is 24.9 Å². The van der Waals surface area contributed by atoms with Gasteiger partial charge < -0.3 is 15.7 Å². The summed E-state index contributed by atoms with van der Waals surface area (Å²) in [7, 11) is 0. The summed E-state index contributed by atoms with van der Waals surface area (Å²) in [5.41, 5.74) is 1.53. The zero-order chi connectivity index (χ0) is 14.8. The van der Waals surface area contributed by atoms with Crippen molar-refractivity contribution in [2.24, 2.45) is 0 Å². The quantitative estimate of drug-likeness (QED) is 0.609. The lowest BCUT2D eigenvalue weighted by Crippen LogP contribution is -2.27. The molecule has 1 rings (SSSR count). The van der Waals surface area contributed by atoms with E-state index in [9.17, 15) is 9.90 Å². The number of unbranched alkanes of at least 4 members (excludes halogenated alkanes) is 1. The first-order chi connectivity index (χ1) is 9.69. The van der Waals surface area contributed by atoms with Crippen molar-refractivity contribution in [2.75, 3.05) is 18.4 Å². The summed E-state index contributed by atoms with van der Waals surface area (Å²) in [5.74, 6) is -0.0899. The normalized spacial score (nSPS) is 11.9. The van der Waals surface area contributed by atoms with Gasteiger partial charge in [0, 0.05) is 18.8 Å². The van der Waals surface area contributed by atoms with Gasteiger partial charge in [0.1, 0.15) is 0 Å². The highest BCUT2D eigenvalue weighted by atomic mass is 16.3. The second-order valence-electron chi connectivity index (χ2n) is 4.93. The number of nitrogens with one attached hydrogen (secondary N) is 2. The summed E-state index contributed by atoms with van der Waals surface area (Å²) in [6.45, 7) is 5.44. The molecule has 0 aliphatic heterocycles. The molecule has 1 atom stereocenters. The smallest absolute Gasteiger partial charge is 0.253 e. The van der Waals surface area contributed by atoms with E-state index in [2.05, 4.69) is 17.6 Å². The molecule has 0 aliphatic carbocycles. The number of carbonyl (C=O) groups excluding carboxylic acids is 1. The first kappa shape index (κ1) is 16.5. The fraction of sp³-hybridized carbons (Fsp3) is 0.562. The van der Waals surface area contributed by atoms with Gasteiger partial charge in [0.2, 0.25) is 0 Å². The molecule has 0 spiro atoms. The van der Waals surface area contributed by atoms with E-state index in [1.165, 1.54) is 0 Å². The molecule has 0 saturated carbocycles. The zero-order valence-electron chi connectivity index (χ0n) is 12.5. The van der Waals surface area contributed by atoms with E-state index in [1.807, 2.05) is 31.2 Å². The third-order valence-electron chi connectivity index (χ3n) is 3.25. The van der Waals surface area contributed by atoms with E-state index in [-0.39, 0.29) is 12.0 Å². The molecule has 1 aromatic carbocycles. The van der Waals surface area contributed by atoms with Crippen LogP contribution in [0.1, 0.15) is 49.9 Å². The Labute approximate surface area is 121 Å². The highest BCUT2D eigenvalue weighted by Crippen LogP contribution is 2.15. The number of hydrogen-bond donors (Lipinski definition) is 3. The summed E-state index contributed by atoms with van der Waals surface area (Å²) in [5, 5.41) is 15.6. The lowest BCUT2D eigenvalue weighted by molar-refractivity contribution is 0.0942. The predicted octanol–water partition coefficient (Wildman–Crippen LogP) is 2.79. The molecular weight excluding hydrogens is 252 g/mol. The van der Waals surface area contributed by atoms with E-state index in [4.69, 9.17) is 0 Å². The van der Waals surface area contributed by atoms with Crippen LogP contribution in [0.15, 0.2) is 24.3 Å². The average Bonchev–Trinajstić information content (AvgIpc) is 2.47. The first-order valence-electron chi connectivity index (χ1n) is 7.48. The van der Waals surface area contributed by atoms with Gasteiger partial charge in [-0.3, -0.25) is 4.79 Å². The SMILES string of the molecule is CCCCNc1ccccc1C(=O)NCCC(O)CC. The van der Waals surface area contributed by atoms with Crippen LogP contribution in [0, 0.1) is 0 Å². The highest BCUT2D eigenvalue weighted by Gasteiger charge is 2.10. The Hall–Kier alpha value is -1.55. The van der Waals surface area contributed by atoms with Crippen LogP contribution in [0.25, 0.3) is 0 Å². The van der Waals surface area contributed by atoms with Crippen LogP contribution in [0.3, 0.4) is 0 Å². The van der Waals surface area contributed by atoms with Crippen LogP contribution in [0.2, 0.25) is 0 Å². The number of amides is 1. The van der Waals surface area contributed by atoms with E-state index in [0.717, 1.165) is 25.1 Å². The monoisotopic (exact) mass is 278 g/mol. The van der Waals surface area contributed by atoms with Crippen molar-refractivity contribution < 1.29 is 9.90 Å². The maximum Gasteiger partial charge on any atom is 0.253 e. The molecule has 0 saturated heterocycles. The Bertz CT molecular complexity index is 407. The zero-order valence-corrected chi connectivity index (χ0v) is 12.5. The third kappa shape index (κ3) is 5.61. The number of aliphatic hydroxyl groups is 1. The molecule has 1 unspecified atom stereocenters. The fourth-order valence-electron chi connectivity index (χ4n) is 1.89. The molecule has 3 N–H and O–H groups in total. The van der Waals surface area contributed by atoms with Gasteiger partial charge in [0.15, 0.2) is 0 Å². The van der Waals surface area contributed by atoms with Crippen LogP contribution in [0.4, 0.5) is 5.69 Å². The number of rotatable bonds is 9. The fourth-order valence-corrected chi connectivity index (χ4v) is 1.89. The molecule has 1 amide bonds. The van der Waals surface area contributed by atoms with Crippen LogP contribution in [-0.2, 0) is 0 Å². The molecule has 0 aliphatic rings. The van der Waals surface area contributed by atoms with E-state index >= 15 is 0 Å². The molecular formula is C16H26N2O2. The molecule has 0 heterocycles. The lowest BCUT2D eigenvalue weighted by Gasteiger charge is -2.13. The number of carbonyl (C=O) groups is 1. The second-order valence-corrected chi connectivity index (χ2v) is 4.93. The van der Waals surface area contributed by atoms with Gasteiger partial charge in [-0.15, -0.1) is 0 Å². The second kappa shape index (κ2) is 9.37. The Morgan fingerprint density at radius 2 is 2.00 bits per heavy atom. The molecule has 4 heteroatoms. The van der Waals surface area contributed by atoms with Crippen molar-refractivity contribution in [3.05, 3.63) is 29.8 Å². The van der Waals surface area contributed by atoms with Crippen LogP contribution in [0.5, 0.6) is 0 Å². The van der Waals surface area contributed by atoms with Gasteiger partial charge in [-0.1, -0.05) is 32.4 Å². The Kier molecular flexibility index (Phi) is 7.73. The number of anilines is 1. The van der Waals surface area contributed by atoms with Crippen molar-refractivity contribution in [3.8, 4) is 0 Å². The van der Waals surface area contributed by atoms with Gasteiger partial charge >= 0.3 is 0 Å². The van der Waals surface area contributed by atoms with Gasteiger partial charge in [-0.25, -0.2) is 0 Å². The minimum Gasteiger partial charge on any atom is -0.393 e. The standard InChI is InChI=1S/C16H26N2O2/c1-3-5-11-17-15-9-7-6-8-14(15)16(20)18-12-10-13(19)4-2/h6-9,13,17,19H,3-5,10-12H2,1-2H3,(H,18,20). The number of para-hydroxylation sites is 1. The molecule has 0 fully saturated rings. The van der Waals surface area contributed by atoms with E-state index < -0.39 is 0 Å². The first-order valence-corrected chi connectivity index (χ1v) is 7.48. The number of aliphatic hydroxyl groups excluding tert-OH is 1. The van der Waals surface area contributed by atoms with E-state index in [1.54, 1.807) is 0 Å². The van der Waals surface area contributed by atoms with Gasteiger partial charge in [0.05, 0.1) is 11.7 Å². The number of benzene rings is 1. The third-order valence-corrected chi connectivity index (χ3v) is 3.25. The Balaban J connectivity index is 2.53. The lowest BCUT2D eigenvalue weighted by atomic mass is 10.1. The largest absolute Gasteiger partial charge is 0.393 e. The molecule has 0 aromatic heterocycles. The molecule has 1 aromatic rings. The summed E-state index contributed by atoms with van der Waals surface area (Å²) in [6.07, 6.45) is 3.17. The molecule has 20 heavy (non-hydrogen) atoms. The molecule has 4 nitrogen and oxygen atoms in total. The van der Waals surface area contributed by atoms with Crippen LogP contribution >= 0.6 is 0 Å². The highest BCUT2D eigenvalue weighted by molar-refractivity contribution is 5.99. The maximum absolute atomic E-state index is 12.1. The summed E-state index contributed by atoms with van der Waals surface area (Å²) in [4.78, 5) is 12.1.